The molecule has 3 nitrogen and oxygen atoms in total. The Morgan fingerprint density at radius 1 is 1.11 bits per heavy atom. The van der Waals surface area contributed by atoms with Crippen molar-refractivity contribution in [3.8, 4) is 5.75 Å². The lowest BCUT2D eigenvalue weighted by molar-refractivity contribution is 0.0951. The number of hydrogen-bond acceptors (Lipinski definition) is 2. The highest BCUT2D eigenvalue weighted by Gasteiger charge is 2.06. The van der Waals surface area contributed by atoms with Crippen molar-refractivity contribution in [2.75, 3.05) is 0 Å². The predicted molar refractivity (Wildman–Crippen MR) is 73.4 cm³/mol. The first-order valence-electron chi connectivity index (χ1n) is 5.47. The van der Waals surface area contributed by atoms with Crippen LogP contribution in [0.4, 0.5) is 0 Å². The average Bonchev–Trinajstić information content (AvgIpc) is 2.38. The van der Waals surface area contributed by atoms with Crippen molar-refractivity contribution in [1.82, 2.24) is 5.32 Å². The highest BCUT2D eigenvalue weighted by molar-refractivity contribution is 9.10. The van der Waals surface area contributed by atoms with Crippen LogP contribution in [0.3, 0.4) is 0 Å². The van der Waals surface area contributed by atoms with Crippen molar-refractivity contribution < 1.29 is 9.90 Å². The van der Waals surface area contributed by atoms with Crippen molar-refractivity contribution >= 4 is 21.8 Å². The van der Waals surface area contributed by atoms with E-state index in [4.69, 9.17) is 0 Å². The van der Waals surface area contributed by atoms with Crippen molar-refractivity contribution in [3.05, 3.63) is 64.1 Å². The largest absolute Gasteiger partial charge is 0.508 e. The van der Waals surface area contributed by atoms with Crippen LogP contribution in [0.5, 0.6) is 5.75 Å². The SMILES string of the molecule is O=C(NCc1ccccc1O)c1ccc(Br)cc1. The van der Waals surface area contributed by atoms with Crippen molar-refractivity contribution in [2.45, 2.75) is 6.54 Å². The van der Waals surface area contributed by atoms with Gasteiger partial charge in [0.1, 0.15) is 5.75 Å². The van der Waals surface area contributed by atoms with Crippen LogP contribution in [-0.4, -0.2) is 11.0 Å². The number of halogens is 1. The summed E-state index contributed by atoms with van der Waals surface area (Å²) in [4.78, 5) is 11.8. The van der Waals surface area contributed by atoms with Gasteiger partial charge < -0.3 is 10.4 Å². The van der Waals surface area contributed by atoms with Gasteiger partial charge in [0, 0.05) is 22.1 Å². The second kappa shape index (κ2) is 5.69. The maximum atomic E-state index is 11.8. The van der Waals surface area contributed by atoms with Crippen molar-refractivity contribution in [1.29, 1.82) is 0 Å². The topological polar surface area (TPSA) is 49.3 Å². The summed E-state index contributed by atoms with van der Waals surface area (Å²) in [5, 5.41) is 12.3. The smallest absolute Gasteiger partial charge is 0.251 e. The summed E-state index contributed by atoms with van der Waals surface area (Å²) >= 11 is 3.32. The summed E-state index contributed by atoms with van der Waals surface area (Å²) in [5.74, 6) is 0.0272. The van der Waals surface area contributed by atoms with E-state index < -0.39 is 0 Å². The zero-order chi connectivity index (χ0) is 13.0. The standard InChI is InChI=1S/C14H12BrNO2/c15-12-7-5-10(6-8-12)14(18)16-9-11-3-1-2-4-13(11)17/h1-8,17H,9H2,(H,16,18). The number of aromatic hydroxyl groups is 1. The van der Waals surface area contributed by atoms with Gasteiger partial charge in [-0.1, -0.05) is 34.1 Å². The van der Waals surface area contributed by atoms with Crippen LogP contribution >= 0.6 is 15.9 Å². The van der Waals surface area contributed by atoms with E-state index in [2.05, 4.69) is 21.2 Å². The maximum absolute atomic E-state index is 11.8. The van der Waals surface area contributed by atoms with E-state index in [1.807, 2.05) is 18.2 Å². The van der Waals surface area contributed by atoms with Crippen LogP contribution in [0.25, 0.3) is 0 Å². The molecule has 2 rings (SSSR count). The zero-order valence-electron chi connectivity index (χ0n) is 9.56. The number of phenols is 1. The van der Waals surface area contributed by atoms with Crippen LogP contribution in [-0.2, 0) is 6.54 Å². The fourth-order valence-electron chi connectivity index (χ4n) is 1.54. The summed E-state index contributed by atoms with van der Waals surface area (Å²) in [6.07, 6.45) is 0. The molecule has 2 aromatic rings. The van der Waals surface area contributed by atoms with E-state index >= 15 is 0 Å². The number of carbonyl (C=O) groups excluding carboxylic acids is 1. The molecule has 4 heteroatoms. The van der Waals surface area contributed by atoms with Gasteiger partial charge in [-0.3, -0.25) is 4.79 Å². The Bertz CT molecular complexity index is 552. The molecule has 18 heavy (non-hydrogen) atoms. The molecule has 0 unspecified atom stereocenters. The lowest BCUT2D eigenvalue weighted by Gasteiger charge is -2.07. The van der Waals surface area contributed by atoms with Crippen molar-refractivity contribution in [3.63, 3.8) is 0 Å². The average molecular weight is 306 g/mol. The Hall–Kier alpha value is -1.81. The summed E-state index contributed by atoms with van der Waals surface area (Å²) in [6, 6.07) is 14.0. The van der Waals surface area contributed by atoms with E-state index in [1.165, 1.54) is 0 Å². The molecule has 1 amide bonds. The first-order chi connectivity index (χ1) is 8.66. The van der Waals surface area contributed by atoms with E-state index in [0.717, 1.165) is 4.47 Å². The Morgan fingerprint density at radius 3 is 2.44 bits per heavy atom. The first kappa shape index (κ1) is 12.6. The second-order valence-electron chi connectivity index (χ2n) is 3.82. The molecule has 0 spiro atoms. The lowest BCUT2D eigenvalue weighted by atomic mass is 10.2. The first-order valence-corrected chi connectivity index (χ1v) is 6.27. The highest BCUT2D eigenvalue weighted by Crippen LogP contribution is 2.15. The number of phenolic OH excluding ortho intramolecular Hbond substituents is 1. The minimum atomic E-state index is -0.161. The van der Waals surface area contributed by atoms with Gasteiger partial charge in [0.15, 0.2) is 0 Å². The fourth-order valence-corrected chi connectivity index (χ4v) is 1.80. The number of hydrogen-bond donors (Lipinski definition) is 2. The van der Waals surface area contributed by atoms with Crippen LogP contribution in [0.15, 0.2) is 53.0 Å². The normalized spacial score (nSPS) is 10.1. The molecular weight excluding hydrogens is 294 g/mol. The number of para-hydroxylation sites is 1. The fraction of sp³-hybridized carbons (Fsp3) is 0.0714. The monoisotopic (exact) mass is 305 g/mol. The number of benzene rings is 2. The molecular formula is C14H12BrNO2. The molecule has 0 heterocycles. The van der Waals surface area contributed by atoms with Crippen molar-refractivity contribution in [2.24, 2.45) is 0 Å². The number of amides is 1. The molecule has 0 radical (unpaired) electrons. The molecule has 92 valence electrons. The molecule has 0 fully saturated rings. The second-order valence-corrected chi connectivity index (χ2v) is 4.73. The van der Waals surface area contributed by atoms with E-state index in [9.17, 15) is 9.90 Å². The summed E-state index contributed by atoms with van der Waals surface area (Å²) in [7, 11) is 0. The zero-order valence-corrected chi connectivity index (χ0v) is 11.1. The van der Waals surface area contributed by atoms with Gasteiger partial charge in [-0.15, -0.1) is 0 Å². The van der Waals surface area contributed by atoms with Gasteiger partial charge in [0.2, 0.25) is 0 Å². The number of nitrogens with one attached hydrogen (secondary N) is 1. The molecule has 2 aromatic carbocycles. The summed E-state index contributed by atoms with van der Waals surface area (Å²) in [5.41, 5.74) is 1.29. The molecule has 2 N–H and O–H groups in total. The summed E-state index contributed by atoms with van der Waals surface area (Å²) < 4.78 is 0.930. The predicted octanol–water partition coefficient (Wildman–Crippen LogP) is 3.08. The molecule has 0 atom stereocenters. The minimum absolute atomic E-state index is 0.161. The van der Waals surface area contributed by atoms with Gasteiger partial charge in [0.05, 0.1) is 0 Å². The molecule has 0 bridgehead atoms. The molecule has 0 aromatic heterocycles. The van der Waals surface area contributed by atoms with Crippen LogP contribution < -0.4 is 5.32 Å². The Kier molecular flexibility index (Phi) is 3.99. The van der Waals surface area contributed by atoms with Gasteiger partial charge in [-0.05, 0) is 30.3 Å². The Morgan fingerprint density at radius 2 is 1.78 bits per heavy atom. The molecule has 0 saturated carbocycles. The Balaban J connectivity index is 2.01. The molecule has 0 saturated heterocycles. The van der Waals surface area contributed by atoms with Gasteiger partial charge in [0.25, 0.3) is 5.91 Å². The number of rotatable bonds is 3. The lowest BCUT2D eigenvalue weighted by Crippen LogP contribution is -2.22. The highest BCUT2D eigenvalue weighted by atomic mass is 79.9. The van der Waals surface area contributed by atoms with E-state index in [0.29, 0.717) is 17.7 Å². The number of carbonyl (C=O) groups is 1. The Labute approximate surface area is 114 Å². The van der Waals surface area contributed by atoms with Gasteiger partial charge in [-0.2, -0.15) is 0 Å². The molecule has 0 aliphatic rings. The van der Waals surface area contributed by atoms with Crippen LogP contribution in [0.1, 0.15) is 15.9 Å². The van der Waals surface area contributed by atoms with Crippen LogP contribution in [0.2, 0.25) is 0 Å². The van der Waals surface area contributed by atoms with Gasteiger partial charge in [-0.25, -0.2) is 0 Å². The maximum Gasteiger partial charge on any atom is 0.251 e. The molecule has 0 aliphatic carbocycles. The third-order valence-corrected chi connectivity index (χ3v) is 3.07. The molecule has 0 aliphatic heterocycles. The minimum Gasteiger partial charge on any atom is -0.508 e. The third-order valence-electron chi connectivity index (χ3n) is 2.54. The summed E-state index contributed by atoms with van der Waals surface area (Å²) in [6.45, 7) is 0.307. The third kappa shape index (κ3) is 3.11. The van der Waals surface area contributed by atoms with E-state index in [-0.39, 0.29) is 11.7 Å². The van der Waals surface area contributed by atoms with Crippen LogP contribution in [0, 0.1) is 0 Å². The van der Waals surface area contributed by atoms with E-state index in [1.54, 1.807) is 30.3 Å². The van der Waals surface area contributed by atoms with Gasteiger partial charge >= 0.3 is 0 Å². The quantitative estimate of drug-likeness (QED) is 0.915.